The number of nitrogens with zero attached hydrogens (tertiary/aromatic N) is 1. The van der Waals surface area contributed by atoms with Crippen LogP contribution in [0.4, 0.5) is 5.69 Å². The minimum absolute atomic E-state index is 0.139. The van der Waals surface area contributed by atoms with E-state index in [1.807, 2.05) is 0 Å². The fraction of sp³-hybridized carbons (Fsp3) is 0. The van der Waals surface area contributed by atoms with Crippen LogP contribution in [0.1, 0.15) is 0 Å². The predicted molar refractivity (Wildman–Crippen MR) is 41.8 cm³/mol. The number of benzene rings is 1. The Morgan fingerprint density at radius 1 is 1.42 bits per heavy atom. The Hall–Kier alpha value is -1.72. The van der Waals surface area contributed by atoms with Crippen LogP contribution >= 0.6 is 0 Å². The molecule has 0 bridgehead atoms. The van der Waals surface area contributed by atoms with Crippen LogP contribution in [0.5, 0.6) is 11.5 Å². The van der Waals surface area contributed by atoms with E-state index in [1.165, 1.54) is 6.07 Å². The van der Waals surface area contributed by atoms with Gasteiger partial charge in [0, 0.05) is 0 Å². The molecular formula is C6H4BNO4. The molecule has 0 heterocycles. The number of phenolic OH excluding ortho intramolecular Hbond substituents is 2. The Kier molecular flexibility index (Phi) is 1.91. The molecule has 0 aliphatic rings. The third-order valence-corrected chi connectivity index (χ3v) is 1.34. The molecule has 0 fully saturated rings. The standard InChI is InChI=1S/C6H4BNO4/c7-3-1-2-4(9)5(6(3)10)8(11)12/h1-2,9-10H. The van der Waals surface area contributed by atoms with Crippen LogP contribution < -0.4 is 5.46 Å². The van der Waals surface area contributed by atoms with Crippen LogP contribution in [0.25, 0.3) is 0 Å². The number of phenols is 2. The molecule has 2 N–H and O–H groups in total. The van der Waals surface area contributed by atoms with Crippen LogP contribution in [0, 0.1) is 10.1 Å². The molecule has 60 valence electrons. The lowest BCUT2D eigenvalue weighted by Gasteiger charge is -2.00. The van der Waals surface area contributed by atoms with Crippen molar-refractivity contribution >= 4 is 19.0 Å². The fourth-order valence-electron chi connectivity index (χ4n) is 0.765. The van der Waals surface area contributed by atoms with Crippen molar-refractivity contribution in [3.05, 3.63) is 22.2 Å². The van der Waals surface area contributed by atoms with Gasteiger partial charge in [-0.25, -0.2) is 0 Å². The molecule has 5 nitrogen and oxygen atoms in total. The van der Waals surface area contributed by atoms with Gasteiger partial charge >= 0.3 is 5.69 Å². The van der Waals surface area contributed by atoms with Crippen LogP contribution in [0.2, 0.25) is 0 Å². The van der Waals surface area contributed by atoms with E-state index in [2.05, 4.69) is 0 Å². The average Bonchev–Trinajstić information content (AvgIpc) is 1.97. The van der Waals surface area contributed by atoms with Crippen molar-refractivity contribution in [1.29, 1.82) is 0 Å². The van der Waals surface area contributed by atoms with Gasteiger partial charge in [-0.2, -0.15) is 0 Å². The highest BCUT2D eigenvalue weighted by Gasteiger charge is 2.20. The summed E-state index contributed by atoms with van der Waals surface area (Å²) in [6.07, 6.45) is 0. The van der Waals surface area contributed by atoms with Gasteiger partial charge in [0.2, 0.25) is 0 Å². The SMILES string of the molecule is [B]c1ccc(O)c([N+](=O)[O-])c1O. The van der Waals surface area contributed by atoms with Crippen molar-refractivity contribution < 1.29 is 15.1 Å². The summed E-state index contributed by atoms with van der Waals surface area (Å²) in [6, 6.07) is 2.23. The van der Waals surface area contributed by atoms with E-state index in [0.29, 0.717) is 0 Å². The first-order valence-corrected chi connectivity index (χ1v) is 2.99. The van der Waals surface area contributed by atoms with E-state index < -0.39 is 22.1 Å². The lowest BCUT2D eigenvalue weighted by atomic mass is 9.94. The molecule has 0 aliphatic carbocycles. The van der Waals surface area contributed by atoms with Crippen molar-refractivity contribution in [3.63, 3.8) is 0 Å². The molecule has 0 unspecified atom stereocenters. The molecule has 0 saturated carbocycles. The molecule has 2 radical (unpaired) electrons. The molecule has 1 aromatic carbocycles. The number of hydrogen-bond donors (Lipinski definition) is 2. The number of nitro groups is 1. The van der Waals surface area contributed by atoms with Gasteiger partial charge < -0.3 is 10.2 Å². The fourth-order valence-corrected chi connectivity index (χ4v) is 0.765. The summed E-state index contributed by atoms with van der Waals surface area (Å²) in [5.74, 6) is -1.31. The monoisotopic (exact) mass is 165 g/mol. The number of hydrogen-bond acceptors (Lipinski definition) is 4. The Bertz CT molecular complexity index is 339. The van der Waals surface area contributed by atoms with Gasteiger partial charge in [-0.15, -0.1) is 0 Å². The second-order valence-electron chi connectivity index (χ2n) is 2.13. The highest BCUT2D eigenvalue weighted by atomic mass is 16.6. The first kappa shape index (κ1) is 8.38. The number of rotatable bonds is 1. The number of aromatic hydroxyl groups is 2. The number of nitro benzene ring substituents is 1. The van der Waals surface area contributed by atoms with Crippen LogP contribution in [-0.4, -0.2) is 23.0 Å². The molecule has 12 heavy (non-hydrogen) atoms. The van der Waals surface area contributed by atoms with E-state index in [9.17, 15) is 10.1 Å². The maximum Gasteiger partial charge on any atom is 0.351 e. The summed E-state index contributed by atoms with van der Waals surface area (Å²) in [4.78, 5) is 9.32. The molecule has 1 rings (SSSR count). The maximum atomic E-state index is 10.2. The average molecular weight is 165 g/mol. The normalized spacial score (nSPS) is 9.67. The van der Waals surface area contributed by atoms with Gasteiger partial charge in [0.05, 0.1) is 4.92 Å². The predicted octanol–water partition coefficient (Wildman–Crippen LogP) is -0.200. The first-order valence-electron chi connectivity index (χ1n) is 2.99. The van der Waals surface area contributed by atoms with Gasteiger partial charge in [0.25, 0.3) is 0 Å². The van der Waals surface area contributed by atoms with Crippen molar-refractivity contribution in [2.24, 2.45) is 0 Å². The minimum Gasteiger partial charge on any atom is -0.502 e. The van der Waals surface area contributed by atoms with Crippen LogP contribution in [0.15, 0.2) is 12.1 Å². The minimum atomic E-state index is -0.902. The molecule has 0 saturated heterocycles. The molecule has 0 atom stereocenters. The lowest BCUT2D eigenvalue weighted by Crippen LogP contribution is -2.04. The second kappa shape index (κ2) is 2.73. The van der Waals surface area contributed by atoms with Gasteiger partial charge in [-0.1, -0.05) is 6.07 Å². The molecular weight excluding hydrogens is 161 g/mol. The van der Waals surface area contributed by atoms with Gasteiger partial charge in [-0.05, 0) is 11.5 Å². The van der Waals surface area contributed by atoms with Gasteiger partial charge in [0.15, 0.2) is 11.5 Å². The van der Waals surface area contributed by atoms with E-state index in [4.69, 9.17) is 18.1 Å². The maximum absolute atomic E-state index is 10.2. The van der Waals surface area contributed by atoms with Crippen molar-refractivity contribution in [2.75, 3.05) is 0 Å². The van der Waals surface area contributed by atoms with E-state index in [0.717, 1.165) is 6.07 Å². The molecule has 0 spiro atoms. The molecule has 0 amide bonds. The van der Waals surface area contributed by atoms with E-state index >= 15 is 0 Å². The van der Waals surface area contributed by atoms with Crippen LogP contribution in [0.3, 0.4) is 0 Å². The van der Waals surface area contributed by atoms with Gasteiger partial charge in [0.1, 0.15) is 7.85 Å². The van der Waals surface area contributed by atoms with Crippen molar-refractivity contribution in [3.8, 4) is 11.5 Å². The summed E-state index contributed by atoms with van der Waals surface area (Å²) in [5, 5.41) is 28.2. The summed E-state index contributed by atoms with van der Waals surface area (Å²) >= 11 is 0. The Balaban J connectivity index is 3.43. The topological polar surface area (TPSA) is 83.6 Å². The smallest absolute Gasteiger partial charge is 0.351 e. The lowest BCUT2D eigenvalue weighted by molar-refractivity contribution is -0.386. The molecule has 6 heteroatoms. The zero-order valence-electron chi connectivity index (χ0n) is 5.89. The van der Waals surface area contributed by atoms with E-state index in [1.54, 1.807) is 0 Å². The summed E-state index contributed by atoms with van der Waals surface area (Å²) in [6.45, 7) is 0. The zero-order valence-corrected chi connectivity index (χ0v) is 5.89. The third-order valence-electron chi connectivity index (χ3n) is 1.34. The first-order chi connectivity index (χ1) is 5.54. The highest BCUT2D eigenvalue weighted by molar-refractivity contribution is 6.34. The van der Waals surface area contributed by atoms with Crippen LogP contribution in [-0.2, 0) is 0 Å². The summed E-state index contributed by atoms with van der Waals surface area (Å²) in [5.41, 5.74) is -0.908. The Morgan fingerprint density at radius 2 is 2.00 bits per heavy atom. The van der Waals surface area contributed by atoms with Gasteiger partial charge in [-0.3, -0.25) is 10.1 Å². The Morgan fingerprint density at radius 3 is 2.42 bits per heavy atom. The Labute approximate surface area is 68.8 Å². The van der Waals surface area contributed by atoms with E-state index in [-0.39, 0.29) is 5.46 Å². The quantitative estimate of drug-likeness (QED) is 0.342. The third kappa shape index (κ3) is 1.18. The second-order valence-corrected chi connectivity index (χ2v) is 2.13. The molecule has 1 aromatic rings. The molecule has 0 aliphatic heterocycles. The molecule has 0 aromatic heterocycles. The zero-order chi connectivity index (χ0) is 9.30. The highest BCUT2D eigenvalue weighted by Crippen LogP contribution is 2.32. The largest absolute Gasteiger partial charge is 0.502 e. The summed E-state index contributed by atoms with van der Waals surface area (Å²) < 4.78 is 0. The van der Waals surface area contributed by atoms with Crippen molar-refractivity contribution in [2.45, 2.75) is 0 Å². The van der Waals surface area contributed by atoms with Crippen molar-refractivity contribution in [1.82, 2.24) is 0 Å². The summed E-state index contributed by atoms with van der Waals surface area (Å²) in [7, 11) is 5.16.